The summed E-state index contributed by atoms with van der Waals surface area (Å²) >= 11 is 2.00. The van der Waals surface area contributed by atoms with Crippen LogP contribution in [-0.2, 0) is 4.74 Å². The Balaban J connectivity index is 1.48. The number of aromatic nitrogens is 2. The van der Waals surface area contributed by atoms with Crippen LogP contribution in [0.2, 0.25) is 0 Å². The van der Waals surface area contributed by atoms with Gasteiger partial charge in [0, 0.05) is 37.3 Å². The quantitative estimate of drug-likeness (QED) is 0.922. The first-order valence-electron chi connectivity index (χ1n) is 8.48. The molecule has 2 aromatic rings. The van der Waals surface area contributed by atoms with E-state index >= 15 is 0 Å². The van der Waals surface area contributed by atoms with Crippen molar-refractivity contribution in [1.82, 2.24) is 9.97 Å². The second-order valence-corrected chi connectivity index (χ2v) is 7.33. The lowest BCUT2D eigenvalue weighted by atomic mass is 10.0. The van der Waals surface area contributed by atoms with E-state index in [1.807, 2.05) is 17.8 Å². The van der Waals surface area contributed by atoms with E-state index in [0.717, 1.165) is 37.8 Å². The molecule has 0 aliphatic carbocycles. The lowest BCUT2D eigenvalue weighted by Gasteiger charge is -2.28. The Labute approximate surface area is 146 Å². The van der Waals surface area contributed by atoms with E-state index < -0.39 is 0 Å². The Morgan fingerprint density at radius 3 is 2.79 bits per heavy atom. The normalized spacial score (nSPS) is 24.1. The minimum Gasteiger partial charge on any atom is -0.371 e. The summed E-state index contributed by atoms with van der Waals surface area (Å²) in [5.41, 5.74) is 1.22. The second-order valence-electron chi connectivity index (χ2n) is 6.10. The summed E-state index contributed by atoms with van der Waals surface area (Å²) < 4.78 is 5.95. The van der Waals surface area contributed by atoms with E-state index in [4.69, 9.17) is 4.74 Å². The molecule has 24 heavy (non-hydrogen) atoms. The van der Waals surface area contributed by atoms with Crippen molar-refractivity contribution >= 4 is 23.4 Å². The van der Waals surface area contributed by atoms with Crippen molar-refractivity contribution in [2.24, 2.45) is 0 Å². The van der Waals surface area contributed by atoms with Crippen molar-refractivity contribution in [3.63, 3.8) is 0 Å². The van der Waals surface area contributed by atoms with Gasteiger partial charge in [0.25, 0.3) is 0 Å². The van der Waals surface area contributed by atoms with Gasteiger partial charge in [-0.25, -0.2) is 9.97 Å². The Morgan fingerprint density at radius 1 is 1.12 bits per heavy atom. The molecule has 0 amide bonds. The summed E-state index contributed by atoms with van der Waals surface area (Å²) in [4.78, 5) is 11.2. The van der Waals surface area contributed by atoms with Gasteiger partial charge >= 0.3 is 0 Å². The molecule has 2 aliphatic rings. The molecule has 0 bridgehead atoms. The number of thioether (sulfide) groups is 1. The fraction of sp³-hybridized carbons (Fsp3) is 0.444. The van der Waals surface area contributed by atoms with Gasteiger partial charge in [-0.1, -0.05) is 30.3 Å². The van der Waals surface area contributed by atoms with Gasteiger partial charge in [0.05, 0.1) is 6.04 Å². The third-order valence-corrected chi connectivity index (χ3v) is 5.48. The molecule has 6 heteroatoms. The number of hydrogen-bond donors (Lipinski definition) is 1. The zero-order valence-corrected chi connectivity index (χ0v) is 14.4. The number of hydrogen-bond acceptors (Lipinski definition) is 6. The van der Waals surface area contributed by atoms with Crippen molar-refractivity contribution in [1.29, 1.82) is 0 Å². The van der Waals surface area contributed by atoms with Crippen molar-refractivity contribution in [2.75, 3.05) is 41.4 Å². The molecular formula is C18H22N4OS. The highest BCUT2D eigenvalue weighted by Crippen LogP contribution is 2.31. The minimum absolute atomic E-state index is 0.0796. The molecule has 2 saturated heterocycles. The van der Waals surface area contributed by atoms with Crippen LogP contribution in [0.1, 0.15) is 18.1 Å². The maximum atomic E-state index is 5.95. The van der Waals surface area contributed by atoms with Crippen LogP contribution in [0.3, 0.4) is 0 Å². The van der Waals surface area contributed by atoms with Crippen LogP contribution in [0.4, 0.5) is 11.6 Å². The van der Waals surface area contributed by atoms with Crippen LogP contribution in [-0.4, -0.2) is 47.2 Å². The monoisotopic (exact) mass is 342 g/mol. The van der Waals surface area contributed by atoms with Crippen LogP contribution in [0, 0.1) is 0 Å². The van der Waals surface area contributed by atoms with Gasteiger partial charge in [-0.05, 0) is 12.0 Å². The van der Waals surface area contributed by atoms with Crippen molar-refractivity contribution in [2.45, 2.75) is 18.6 Å². The summed E-state index contributed by atoms with van der Waals surface area (Å²) in [5.74, 6) is 4.23. The molecule has 0 unspecified atom stereocenters. The SMILES string of the molecule is c1ccc([C@H]2OCC[C@@H]2Nc2cc(N3CCSCC3)ncn2)cc1. The van der Waals surface area contributed by atoms with Gasteiger partial charge in [0.1, 0.15) is 24.1 Å². The molecule has 1 aromatic heterocycles. The molecule has 0 saturated carbocycles. The average molecular weight is 342 g/mol. The highest BCUT2D eigenvalue weighted by atomic mass is 32.2. The van der Waals surface area contributed by atoms with Crippen LogP contribution < -0.4 is 10.2 Å². The summed E-state index contributed by atoms with van der Waals surface area (Å²) in [7, 11) is 0. The molecule has 1 N–H and O–H groups in total. The van der Waals surface area contributed by atoms with E-state index in [9.17, 15) is 0 Å². The lowest BCUT2D eigenvalue weighted by molar-refractivity contribution is 0.107. The average Bonchev–Trinajstić information content (AvgIpc) is 3.11. The van der Waals surface area contributed by atoms with Gasteiger partial charge < -0.3 is 15.0 Å². The second kappa shape index (κ2) is 7.40. The zero-order chi connectivity index (χ0) is 16.2. The molecule has 0 radical (unpaired) electrons. The fourth-order valence-electron chi connectivity index (χ4n) is 3.29. The third-order valence-electron chi connectivity index (χ3n) is 4.54. The van der Waals surface area contributed by atoms with E-state index in [-0.39, 0.29) is 12.1 Å². The van der Waals surface area contributed by atoms with Gasteiger partial charge in [0.15, 0.2) is 0 Å². The first-order valence-corrected chi connectivity index (χ1v) is 9.63. The molecule has 2 fully saturated rings. The summed E-state index contributed by atoms with van der Waals surface area (Å²) in [6, 6.07) is 12.7. The van der Waals surface area contributed by atoms with Crippen molar-refractivity contribution in [3.8, 4) is 0 Å². The van der Waals surface area contributed by atoms with Crippen molar-refractivity contribution in [3.05, 3.63) is 48.3 Å². The van der Waals surface area contributed by atoms with E-state index in [1.165, 1.54) is 17.1 Å². The number of rotatable bonds is 4. The van der Waals surface area contributed by atoms with E-state index in [0.29, 0.717) is 0 Å². The molecule has 1 aromatic carbocycles. The molecule has 126 valence electrons. The van der Waals surface area contributed by atoms with Crippen LogP contribution in [0.15, 0.2) is 42.7 Å². The largest absolute Gasteiger partial charge is 0.371 e. The Kier molecular flexibility index (Phi) is 4.85. The highest BCUT2D eigenvalue weighted by Gasteiger charge is 2.29. The van der Waals surface area contributed by atoms with Crippen LogP contribution in [0.5, 0.6) is 0 Å². The molecule has 2 aliphatic heterocycles. The van der Waals surface area contributed by atoms with Gasteiger partial charge in [-0.3, -0.25) is 0 Å². The molecule has 4 rings (SSSR count). The topological polar surface area (TPSA) is 50.3 Å². The smallest absolute Gasteiger partial charge is 0.134 e. The van der Waals surface area contributed by atoms with Gasteiger partial charge in [-0.2, -0.15) is 11.8 Å². The van der Waals surface area contributed by atoms with Crippen LogP contribution >= 0.6 is 11.8 Å². The first-order chi connectivity index (χ1) is 11.9. The zero-order valence-electron chi connectivity index (χ0n) is 13.6. The standard InChI is InChI=1S/C18H22N4OS/c1-2-4-14(5-3-1)18-15(6-9-23-18)21-16-12-17(20-13-19-16)22-7-10-24-11-8-22/h1-5,12-13,15,18H,6-11H2,(H,19,20,21)/t15-,18+/m0/s1. The van der Waals surface area contributed by atoms with Gasteiger partial charge in [-0.15, -0.1) is 0 Å². The first kappa shape index (κ1) is 15.7. The van der Waals surface area contributed by atoms with Crippen molar-refractivity contribution < 1.29 is 4.74 Å². The molecule has 2 atom stereocenters. The van der Waals surface area contributed by atoms with Crippen LogP contribution in [0.25, 0.3) is 0 Å². The summed E-state index contributed by atoms with van der Waals surface area (Å²) in [6.07, 6.45) is 2.72. The number of benzene rings is 1. The highest BCUT2D eigenvalue weighted by molar-refractivity contribution is 7.99. The van der Waals surface area contributed by atoms with Gasteiger partial charge in [0.2, 0.25) is 0 Å². The summed E-state index contributed by atoms with van der Waals surface area (Å²) in [5, 5.41) is 3.56. The lowest BCUT2D eigenvalue weighted by Crippen LogP contribution is -2.33. The number of anilines is 2. The molecular weight excluding hydrogens is 320 g/mol. The predicted molar refractivity (Wildman–Crippen MR) is 98.7 cm³/mol. The predicted octanol–water partition coefficient (Wildman–Crippen LogP) is 2.97. The summed E-state index contributed by atoms with van der Waals surface area (Å²) in [6.45, 7) is 2.89. The fourth-order valence-corrected chi connectivity index (χ4v) is 4.19. The Bertz CT molecular complexity index is 663. The molecule has 5 nitrogen and oxygen atoms in total. The molecule has 3 heterocycles. The number of ether oxygens (including phenoxy) is 1. The minimum atomic E-state index is 0.0796. The maximum absolute atomic E-state index is 5.95. The Morgan fingerprint density at radius 2 is 1.96 bits per heavy atom. The van der Waals surface area contributed by atoms with E-state index in [2.05, 4.69) is 50.5 Å². The number of nitrogens with zero attached hydrogens (tertiary/aromatic N) is 3. The Hall–Kier alpha value is -1.79. The molecule has 0 spiro atoms. The number of nitrogens with one attached hydrogen (secondary N) is 1. The third kappa shape index (κ3) is 3.49. The maximum Gasteiger partial charge on any atom is 0.134 e. The van der Waals surface area contributed by atoms with E-state index in [1.54, 1.807) is 6.33 Å².